The number of aliphatic imine (C=N–C) groups is 1. The monoisotopic (exact) mass is 438 g/mol. The van der Waals surface area contributed by atoms with Crippen LogP contribution in [0, 0.1) is 11.7 Å². The van der Waals surface area contributed by atoms with Crippen LogP contribution in [-0.4, -0.2) is 49.5 Å². The van der Waals surface area contributed by atoms with Gasteiger partial charge in [0.1, 0.15) is 5.82 Å². The van der Waals surface area contributed by atoms with Crippen molar-refractivity contribution in [3.8, 4) is 0 Å². The van der Waals surface area contributed by atoms with Crippen LogP contribution in [0.2, 0.25) is 0 Å². The Morgan fingerprint density at radius 1 is 1.33 bits per heavy atom. The van der Waals surface area contributed by atoms with Crippen LogP contribution in [0.25, 0.3) is 0 Å². The summed E-state index contributed by atoms with van der Waals surface area (Å²) in [6, 6.07) is 5.19. The third kappa shape index (κ3) is 5.43. The molecule has 0 radical (unpaired) electrons. The van der Waals surface area contributed by atoms with Crippen LogP contribution in [-0.2, 0) is 11.2 Å². The first-order valence-electron chi connectivity index (χ1n) is 9.76. The summed E-state index contributed by atoms with van der Waals surface area (Å²) in [6.45, 7) is 2.13. The number of carbonyl (C=O) groups is 1. The van der Waals surface area contributed by atoms with Crippen molar-refractivity contribution in [2.75, 3.05) is 26.7 Å². The van der Waals surface area contributed by atoms with Gasteiger partial charge in [-0.25, -0.2) is 4.39 Å². The molecule has 1 aromatic carbocycles. The topological polar surface area (TPSA) is 56.7 Å². The van der Waals surface area contributed by atoms with Gasteiger partial charge in [-0.05, 0) is 49.4 Å². The Hall–Kier alpha value is -1.63. The van der Waals surface area contributed by atoms with Crippen LogP contribution >= 0.6 is 15.9 Å². The van der Waals surface area contributed by atoms with E-state index in [9.17, 15) is 9.18 Å². The number of carbonyl (C=O) groups excluding carboxylic acids is 1. The molecule has 1 amide bonds. The summed E-state index contributed by atoms with van der Waals surface area (Å²) in [5.41, 5.74) is 0.668. The molecule has 0 spiro atoms. The molecular formula is C20H28BrFN4O. The average Bonchev–Trinajstić information content (AvgIpc) is 3.35. The smallest absolute Gasteiger partial charge is 0.225 e. The first kappa shape index (κ1) is 20.1. The molecule has 1 saturated carbocycles. The summed E-state index contributed by atoms with van der Waals surface area (Å²) in [7, 11) is 1.73. The van der Waals surface area contributed by atoms with Crippen molar-refractivity contribution in [2.45, 2.75) is 44.6 Å². The zero-order valence-electron chi connectivity index (χ0n) is 15.8. The van der Waals surface area contributed by atoms with E-state index >= 15 is 0 Å². The summed E-state index contributed by atoms with van der Waals surface area (Å²) in [6.07, 6.45) is 5.95. The maximum atomic E-state index is 13.8. The maximum Gasteiger partial charge on any atom is 0.225 e. The Balaban J connectivity index is 1.44. The fraction of sp³-hybridized carbons (Fsp3) is 0.600. The molecule has 0 bridgehead atoms. The van der Waals surface area contributed by atoms with Crippen molar-refractivity contribution in [1.82, 2.24) is 15.5 Å². The van der Waals surface area contributed by atoms with E-state index < -0.39 is 0 Å². The Labute approximate surface area is 168 Å². The third-order valence-electron chi connectivity index (χ3n) is 5.46. The largest absolute Gasteiger partial charge is 0.356 e. The van der Waals surface area contributed by atoms with E-state index in [1.54, 1.807) is 19.2 Å². The average molecular weight is 439 g/mol. The highest BCUT2D eigenvalue weighted by atomic mass is 79.9. The van der Waals surface area contributed by atoms with Crippen molar-refractivity contribution < 1.29 is 9.18 Å². The lowest BCUT2D eigenvalue weighted by Crippen LogP contribution is -2.45. The molecule has 27 heavy (non-hydrogen) atoms. The number of nitrogens with one attached hydrogen (secondary N) is 2. The van der Waals surface area contributed by atoms with Crippen LogP contribution in [0.3, 0.4) is 0 Å². The molecule has 2 fully saturated rings. The van der Waals surface area contributed by atoms with Crippen molar-refractivity contribution in [3.63, 3.8) is 0 Å². The minimum atomic E-state index is -0.195. The van der Waals surface area contributed by atoms with Crippen LogP contribution < -0.4 is 10.6 Å². The zero-order valence-corrected chi connectivity index (χ0v) is 17.4. The van der Waals surface area contributed by atoms with E-state index in [1.807, 2.05) is 4.90 Å². The number of likely N-dealkylation sites (tertiary alicyclic amines) is 1. The fourth-order valence-electron chi connectivity index (χ4n) is 3.95. The molecule has 1 heterocycles. The van der Waals surface area contributed by atoms with Gasteiger partial charge in [-0.2, -0.15) is 0 Å². The lowest BCUT2D eigenvalue weighted by molar-refractivity contribution is -0.134. The second-order valence-electron chi connectivity index (χ2n) is 7.38. The van der Waals surface area contributed by atoms with Crippen molar-refractivity contribution in [1.29, 1.82) is 0 Å². The van der Waals surface area contributed by atoms with Gasteiger partial charge in [0, 0.05) is 43.1 Å². The minimum absolute atomic E-state index is 0.195. The van der Waals surface area contributed by atoms with E-state index in [4.69, 9.17) is 0 Å². The normalized spacial score (nSPS) is 20.9. The molecule has 1 unspecified atom stereocenters. The van der Waals surface area contributed by atoms with E-state index in [0.717, 1.165) is 36.8 Å². The van der Waals surface area contributed by atoms with Gasteiger partial charge in [-0.1, -0.05) is 28.8 Å². The molecule has 7 heteroatoms. The van der Waals surface area contributed by atoms with E-state index in [-0.39, 0.29) is 17.8 Å². The number of hydrogen-bond acceptors (Lipinski definition) is 2. The predicted molar refractivity (Wildman–Crippen MR) is 109 cm³/mol. The first-order valence-corrected chi connectivity index (χ1v) is 10.6. The molecule has 148 valence electrons. The van der Waals surface area contributed by atoms with Gasteiger partial charge in [0.25, 0.3) is 0 Å². The van der Waals surface area contributed by atoms with Crippen LogP contribution in [0.4, 0.5) is 4.39 Å². The van der Waals surface area contributed by atoms with Crippen molar-refractivity contribution >= 4 is 27.8 Å². The lowest BCUT2D eigenvalue weighted by atomic mass is 10.1. The molecule has 1 aliphatic heterocycles. The SMILES string of the molecule is CN=C(NCCc1cc(Br)ccc1F)NC1CCN(C(=O)C2CCCC2)C1. The maximum absolute atomic E-state index is 13.8. The standard InChI is InChI=1S/C20H28BrFN4O/c1-23-20(24-10-8-15-12-16(21)6-7-18(15)22)25-17-9-11-26(13-17)19(27)14-4-2-3-5-14/h6-7,12,14,17H,2-5,8-11,13H2,1H3,(H2,23,24,25). The molecule has 0 aromatic heterocycles. The van der Waals surface area contributed by atoms with Crippen LogP contribution in [0.15, 0.2) is 27.7 Å². The summed E-state index contributed by atoms with van der Waals surface area (Å²) in [5.74, 6) is 1.07. The van der Waals surface area contributed by atoms with Gasteiger partial charge in [0.15, 0.2) is 5.96 Å². The van der Waals surface area contributed by atoms with E-state index in [2.05, 4.69) is 31.6 Å². The number of nitrogens with zero attached hydrogens (tertiary/aromatic N) is 2. The molecule has 1 atom stereocenters. The quantitative estimate of drug-likeness (QED) is 0.548. The summed E-state index contributed by atoms with van der Waals surface area (Å²) < 4.78 is 14.7. The molecule has 1 saturated heterocycles. The Morgan fingerprint density at radius 2 is 2.11 bits per heavy atom. The predicted octanol–water partition coefficient (Wildman–Crippen LogP) is 3.09. The molecule has 5 nitrogen and oxygen atoms in total. The van der Waals surface area contributed by atoms with Crippen LogP contribution in [0.5, 0.6) is 0 Å². The number of benzene rings is 1. The first-order chi connectivity index (χ1) is 13.1. The zero-order chi connectivity index (χ0) is 19.2. The third-order valence-corrected chi connectivity index (χ3v) is 5.96. The molecule has 1 aliphatic carbocycles. The summed E-state index contributed by atoms with van der Waals surface area (Å²) in [5, 5.41) is 6.64. The van der Waals surface area contributed by atoms with Gasteiger partial charge >= 0.3 is 0 Å². The minimum Gasteiger partial charge on any atom is -0.356 e. The lowest BCUT2D eigenvalue weighted by Gasteiger charge is -2.21. The van der Waals surface area contributed by atoms with Gasteiger partial charge in [-0.15, -0.1) is 0 Å². The highest BCUT2D eigenvalue weighted by Crippen LogP contribution is 2.27. The van der Waals surface area contributed by atoms with Gasteiger partial charge in [0.2, 0.25) is 5.91 Å². The molecule has 3 rings (SSSR count). The number of guanidine groups is 1. The second-order valence-corrected chi connectivity index (χ2v) is 8.30. The number of halogens is 2. The Kier molecular flexibility index (Phi) is 7.10. The van der Waals surface area contributed by atoms with Crippen molar-refractivity contribution in [3.05, 3.63) is 34.1 Å². The van der Waals surface area contributed by atoms with Gasteiger partial charge < -0.3 is 15.5 Å². The molecular weight excluding hydrogens is 411 g/mol. The summed E-state index contributed by atoms with van der Waals surface area (Å²) >= 11 is 3.38. The number of amides is 1. The molecule has 1 aromatic rings. The van der Waals surface area contributed by atoms with Crippen molar-refractivity contribution in [2.24, 2.45) is 10.9 Å². The highest BCUT2D eigenvalue weighted by molar-refractivity contribution is 9.10. The highest BCUT2D eigenvalue weighted by Gasteiger charge is 2.32. The Morgan fingerprint density at radius 3 is 2.85 bits per heavy atom. The van der Waals surface area contributed by atoms with E-state index in [0.29, 0.717) is 30.4 Å². The second kappa shape index (κ2) is 9.53. The van der Waals surface area contributed by atoms with Gasteiger partial charge in [-0.3, -0.25) is 9.79 Å². The Bertz CT molecular complexity index is 691. The van der Waals surface area contributed by atoms with E-state index in [1.165, 1.54) is 18.9 Å². The molecule has 2 N–H and O–H groups in total. The summed E-state index contributed by atoms with van der Waals surface area (Å²) in [4.78, 5) is 18.8. The molecule has 2 aliphatic rings. The number of hydrogen-bond donors (Lipinski definition) is 2. The van der Waals surface area contributed by atoms with Crippen LogP contribution in [0.1, 0.15) is 37.7 Å². The fourth-order valence-corrected chi connectivity index (χ4v) is 4.36. The number of rotatable bonds is 5. The van der Waals surface area contributed by atoms with Gasteiger partial charge in [0.05, 0.1) is 0 Å².